The van der Waals surface area contributed by atoms with Crippen LogP contribution in [0.4, 0.5) is 5.13 Å². The number of amides is 1. The number of aliphatic carboxylic acids is 1. The topological polar surface area (TPSA) is 79.3 Å². The highest BCUT2D eigenvalue weighted by atomic mass is 32.1. The Kier molecular flexibility index (Phi) is 3.35. The quantitative estimate of drug-likeness (QED) is 0.733. The monoisotopic (exact) mass is 212 g/mol. The lowest BCUT2D eigenvalue weighted by atomic mass is 10.5. The largest absolute Gasteiger partial charge is 0.478 e. The lowest BCUT2D eigenvalue weighted by molar-refractivity contribution is -0.131. The van der Waals surface area contributed by atoms with Crippen molar-refractivity contribution in [2.75, 3.05) is 5.32 Å². The van der Waals surface area contributed by atoms with Crippen LogP contribution < -0.4 is 5.32 Å². The molecule has 0 aliphatic carbocycles. The molecule has 0 unspecified atom stereocenters. The van der Waals surface area contributed by atoms with Crippen molar-refractivity contribution in [3.8, 4) is 0 Å². The van der Waals surface area contributed by atoms with Crippen molar-refractivity contribution >= 4 is 28.3 Å². The Balaban J connectivity index is 2.53. The zero-order valence-electron chi connectivity index (χ0n) is 7.35. The second-order valence-corrected chi connectivity index (χ2v) is 3.31. The third-order valence-corrected chi connectivity index (χ3v) is 2.10. The highest BCUT2D eigenvalue weighted by Crippen LogP contribution is 2.13. The number of hydrogen-bond donors (Lipinski definition) is 2. The number of rotatable bonds is 3. The molecule has 1 aromatic heterocycles. The van der Waals surface area contributed by atoms with Crippen LogP contribution in [0.5, 0.6) is 0 Å². The van der Waals surface area contributed by atoms with Crippen LogP contribution in [-0.4, -0.2) is 22.0 Å². The molecule has 5 nitrogen and oxygen atoms in total. The fourth-order valence-electron chi connectivity index (χ4n) is 0.705. The van der Waals surface area contributed by atoms with E-state index in [1.54, 1.807) is 12.3 Å². The van der Waals surface area contributed by atoms with Crippen molar-refractivity contribution in [1.82, 2.24) is 4.98 Å². The number of thiazole rings is 1. The Labute approximate surface area is 84.1 Å². The maximum Gasteiger partial charge on any atom is 0.328 e. The molecule has 2 N–H and O–H groups in total. The number of aromatic nitrogens is 1. The zero-order valence-corrected chi connectivity index (χ0v) is 8.17. The third-order valence-electron chi connectivity index (χ3n) is 1.23. The van der Waals surface area contributed by atoms with E-state index in [9.17, 15) is 9.59 Å². The van der Waals surface area contributed by atoms with Crippen LogP contribution in [0.3, 0.4) is 0 Å². The summed E-state index contributed by atoms with van der Waals surface area (Å²) in [6, 6.07) is 0. The Morgan fingerprint density at radius 1 is 1.57 bits per heavy atom. The highest BCUT2D eigenvalue weighted by molar-refractivity contribution is 7.13. The van der Waals surface area contributed by atoms with Gasteiger partial charge in [0.1, 0.15) is 0 Å². The maximum atomic E-state index is 11.0. The molecule has 0 atom stereocenters. The van der Waals surface area contributed by atoms with E-state index in [2.05, 4.69) is 10.3 Å². The van der Waals surface area contributed by atoms with Gasteiger partial charge in [-0.25, -0.2) is 9.78 Å². The van der Waals surface area contributed by atoms with Crippen LogP contribution in [0.2, 0.25) is 0 Å². The number of nitrogens with one attached hydrogen (secondary N) is 1. The van der Waals surface area contributed by atoms with Gasteiger partial charge in [-0.3, -0.25) is 10.1 Å². The summed E-state index contributed by atoms with van der Waals surface area (Å²) < 4.78 is 0. The predicted octanol–water partition coefficient (Wildman–Crippen LogP) is 1.03. The number of carboxylic acids is 1. The van der Waals surface area contributed by atoms with E-state index in [0.717, 1.165) is 17.8 Å². The molecule has 0 bridgehead atoms. The Bertz CT molecular complexity index is 384. The van der Waals surface area contributed by atoms with Gasteiger partial charge in [0, 0.05) is 17.5 Å². The minimum atomic E-state index is -1.16. The Morgan fingerprint density at radius 3 is 2.79 bits per heavy atom. The molecule has 1 aromatic rings. The molecule has 14 heavy (non-hydrogen) atoms. The van der Waals surface area contributed by atoms with Crippen molar-refractivity contribution in [3.05, 3.63) is 23.2 Å². The Morgan fingerprint density at radius 2 is 2.29 bits per heavy atom. The number of hydrogen-bond acceptors (Lipinski definition) is 4. The standard InChI is InChI=1S/C8H8N2O3S/c1-5-4-14-8(9-5)10-6(11)2-3-7(12)13/h2-4H,1H3,(H,12,13)(H,9,10,11)/b3-2-. The summed E-state index contributed by atoms with van der Waals surface area (Å²) in [6.07, 6.45) is 1.72. The number of carbonyl (C=O) groups is 2. The van der Waals surface area contributed by atoms with E-state index >= 15 is 0 Å². The van der Waals surface area contributed by atoms with Crippen LogP contribution >= 0.6 is 11.3 Å². The van der Waals surface area contributed by atoms with Crippen molar-refractivity contribution in [1.29, 1.82) is 0 Å². The van der Waals surface area contributed by atoms with E-state index in [-0.39, 0.29) is 0 Å². The van der Waals surface area contributed by atoms with E-state index in [1.165, 1.54) is 11.3 Å². The fraction of sp³-hybridized carbons (Fsp3) is 0.125. The summed E-state index contributed by atoms with van der Waals surface area (Å²) in [5.74, 6) is -1.66. The van der Waals surface area contributed by atoms with Gasteiger partial charge in [-0.2, -0.15) is 0 Å². The van der Waals surface area contributed by atoms with Crippen LogP contribution in [0, 0.1) is 6.92 Å². The minimum absolute atomic E-state index is 0.461. The van der Waals surface area contributed by atoms with E-state index < -0.39 is 11.9 Å². The first-order valence-corrected chi connectivity index (χ1v) is 4.60. The molecule has 0 saturated heterocycles. The summed E-state index contributed by atoms with van der Waals surface area (Å²) in [5, 5.41) is 12.9. The molecule has 1 rings (SSSR count). The van der Waals surface area contributed by atoms with Gasteiger partial charge in [0.05, 0.1) is 5.69 Å². The van der Waals surface area contributed by atoms with Crippen molar-refractivity contribution in [3.63, 3.8) is 0 Å². The van der Waals surface area contributed by atoms with Crippen LogP contribution in [0.25, 0.3) is 0 Å². The maximum absolute atomic E-state index is 11.0. The van der Waals surface area contributed by atoms with Gasteiger partial charge >= 0.3 is 5.97 Å². The van der Waals surface area contributed by atoms with Crippen molar-refractivity contribution < 1.29 is 14.7 Å². The number of carbonyl (C=O) groups excluding carboxylic acids is 1. The van der Waals surface area contributed by atoms with Gasteiger partial charge in [0.15, 0.2) is 5.13 Å². The van der Waals surface area contributed by atoms with Gasteiger partial charge in [-0.05, 0) is 6.92 Å². The lowest BCUT2D eigenvalue weighted by Crippen LogP contribution is -2.08. The number of nitrogens with zero attached hydrogens (tertiary/aromatic N) is 1. The van der Waals surface area contributed by atoms with E-state index in [0.29, 0.717) is 5.13 Å². The zero-order chi connectivity index (χ0) is 10.6. The number of anilines is 1. The van der Waals surface area contributed by atoms with Crippen LogP contribution in [0.1, 0.15) is 5.69 Å². The molecule has 0 fully saturated rings. The first-order valence-electron chi connectivity index (χ1n) is 3.72. The summed E-state index contributed by atoms with van der Waals surface area (Å²) in [5.41, 5.74) is 0.813. The molecule has 1 heterocycles. The third kappa shape index (κ3) is 3.36. The molecule has 0 radical (unpaired) electrons. The minimum Gasteiger partial charge on any atom is -0.478 e. The van der Waals surface area contributed by atoms with Crippen molar-refractivity contribution in [2.45, 2.75) is 6.92 Å². The first kappa shape index (κ1) is 10.4. The highest BCUT2D eigenvalue weighted by Gasteiger charge is 2.01. The molecular formula is C8H8N2O3S. The number of aryl methyl sites for hydroxylation is 1. The van der Waals surface area contributed by atoms with Gasteiger partial charge in [0.25, 0.3) is 0 Å². The normalized spacial score (nSPS) is 10.4. The average molecular weight is 212 g/mol. The number of carboxylic acid groups (broad SMARTS) is 1. The lowest BCUT2D eigenvalue weighted by Gasteiger charge is -1.93. The van der Waals surface area contributed by atoms with Gasteiger partial charge in [-0.1, -0.05) is 0 Å². The van der Waals surface area contributed by atoms with Gasteiger partial charge in [0.2, 0.25) is 5.91 Å². The second kappa shape index (κ2) is 4.52. The van der Waals surface area contributed by atoms with E-state index in [4.69, 9.17) is 5.11 Å². The SMILES string of the molecule is Cc1csc(NC(=O)/C=C\C(=O)O)n1. The average Bonchev–Trinajstić information content (AvgIpc) is 2.48. The molecule has 0 spiro atoms. The Hall–Kier alpha value is -1.69. The summed E-state index contributed by atoms with van der Waals surface area (Å²) in [4.78, 5) is 25.1. The van der Waals surface area contributed by atoms with Gasteiger partial charge < -0.3 is 5.11 Å². The summed E-state index contributed by atoms with van der Waals surface area (Å²) in [7, 11) is 0. The smallest absolute Gasteiger partial charge is 0.328 e. The molecule has 0 aliphatic rings. The molecule has 0 aliphatic heterocycles. The van der Waals surface area contributed by atoms with Gasteiger partial charge in [-0.15, -0.1) is 11.3 Å². The summed E-state index contributed by atoms with van der Waals surface area (Å²) >= 11 is 1.29. The molecule has 6 heteroatoms. The predicted molar refractivity (Wildman–Crippen MR) is 52.3 cm³/mol. The molecule has 0 saturated carbocycles. The van der Waals surface area contributed by atoms with Crippen LogP contribution in [-0.2, 0) is 9.59 Å². The van der Waals surface area contributed by atoms with Crippen molar-refractivity contribution in [2.24, 2.45) is 0 Å². The van der Waals surface area contributed by atoms with E-state index in [1.807, 2.05) is 0 Å². The fourth-order valence-corrected chi connectivity index (χ4v) is 1.40. The second-order valence-electron chi connectivity index (χ2n) is 2.45. The van der Waals surface area contributed by atoms with Crippen LogP contribution in [0.15, 0.2) is 17.5 Å². The molecule has 74 valence electrons. The molecular weight excluding hydrogens is 204 g/mol. The molecule has 0 aromatic carbocycles. The molecule has 1 amide bonds. The summed E-state index contributed by atoms with van der Waals surface area (Å²) in [6.45, 7) is 1.80. The first-order chi connectivity index (χ1) is 6.58.